The van der Waals surface area contributed by atoms with E-state index in [9.17, 15) is 9.59 Å². The Hall–Kier alpha value is -2.83. The molecule has 0 unspecified atom stereocenters. The highest BCUT2D eigenvalue weighted by Gasteiger charge is 2.35. The van der Waals surface area contributed by atoms with E-state index in [2.05, 4.69) is 5.16 Å². The number of hydrogen-bond donors (Lipinski definition) is 0. The van der Waals surface area contributed by atoms with E-state index < -0.39 is 5.97 Å². The van der Waals surface area contributed by atoms with Crippen LogP contribution in [0.15, 0.2) is 28.8 Å². The molecule has 2 aromatic rings. The van der Waals surface area contributed by atoms with Crippen molar-refractivity contribution in [1.82, 2.24) is 10.1 Å². The van der Waals surface area contributed by atoms with Crippen molar-refractivity contribution in [2.24, 2.45) is 5.92 Å². The normalized spacial score (nSPS) is 20.8. The number of benzene rings is 1. The van der Waals surface area contributed by atoms with E-state index in [0.717, 1.165) is 30.6 Å². The van der Waals surface area contributed by atoms with E-state index in [-0.39, 0.29) is 12.5 Å². The molecule has 0 radical (unpaired) electrons. The maximum absolute atomic E-state index is 12.8. The molecule has 0 bridgehead atoms. The van der Waals surface area contributed by atoms with Gasteiger partial charge in [-0.3, -0.25) is 4.79 Å². The molecule has 0 N–H and O–H groups in total. The summed E-state index contributed by atoms with van der Waals surface area (Å²) >= 11 is 0. The van der Waals surface area contributed by atoms with Crippen molar-refractivity contribution >= 4 is 11.9 Å². The van der Waals surface area contributed by atoms with E-state index in [1.54, 1.807) is 24.3 Å². The van der Waals surface area contributed by atoms with Crippen molar-refractivity contribution < 1.29 is 23.6 Å². The molecular weight excluding hydrogens is 396 g/mol. The number of amides is 1. The van der Waals surface area contributed by atoms with Gasteiger partial charge in [-0.2, -0.15) is 0 Å². The summed E-state index contributed by atoms with van der Waals surface area (Å²) in [6, 6.07) is 7.11. The number of rotatable bonds is 6. The molecule has 166 valence electrons. The topological polar surface area (TPSA) is 81.9 Å². The number of ether oxygens (including phenoxy) is 2. The Balaban J connectivity index is 1.32. The molecule has 1 aromatic carbocycles. The molecule has 1 aliphatic carbocycles. The van der Waals surface area contributed by atoms with Gasteiger partial charge in [0.05, 0.1) is 16.8 Å². The molecule has 1 amide bonds. The van der Waals surface area contributed by atoms with Crippen LogP contribution in [-0.2, 0) is 16.1 Å². The molecule has 7 heteroatoms. The van der Waals surface area contributed by atoms with Crippen molar-refractivity contribution in [3.63, 3.8) is 0 Å². The van der Waals surface area contributed by atoms with Crippen LogP contribution in [0.3, 0.4) is 0 Å². The summed E-state index contributed by atoms with van der Waals surface area (Å²) in [6.45, 7) is 4.55. The summed E-state index contributed by atoms with van der Waals surface area (Å²) in [5.41, 5.74) is 2.03. The lowest BCUT2D eigenvalue weighted by Crippen LogP contribution is -2.50. The zero-order valence-corrected chi connectivity index (χ0v) is 18.3. The van der Waals surface area contributed by atoms with Crippen LogP contribution in [0.1, 0.15) is 65.9 Å². The number of nitrogens with zero attached hydrogens (tertiary/aromatic N) is 2. The summed E-state index contributed by atoms with van der Waals surface area (Å²) < 4.78 is 16.3. The highest BCUT2D eigenvalue weighted by atomic mass is 16.5. The Labute approximate surface area is 182 Å². The van der Waals surface area contributed by atoms with Gasteiger partial charge in [-0.25, -0.2) is 4.79 Å². The van der Waals surface area contributed by atoms with Crippen LogP contribution in [0.5, 0.6) is 5.75 Å². The number of carbonyl (C=O) groups excluding carboxylic acids is 2. The predicted octanol–water partition coefficient (Wildman–Crippen LogP) is 4.21. The van der Waals surface area contributed by atoms with E-state index in [0.29, 0.717) is 35.6 Å². The van der Waals surface area contributed by atoms with Crippen LogP contribution in [0.4, 0.5) is 0 Å². The fourth-order valence-electron chi connectivity index (χ4n) is 4.80. The largest absolute Gasteiger partial charge is 0.489 e. The van der Waals surface area contributed by atoms with Gasteiger partial charge in [0.15, 0.2) is 6.61 Å². The molecule has 31 heavy (non-hydrogen) atoms. The lowest BCUT2D eigenvalue weighted by atomic mass is 9.78. The van der Waals surface area contributed by atoms with Crippen molar-refractivity contribution in [1.29, 1.82) is 0 Å². The molecule has 1 saturated carbocycles. The summed E-state index contributed by atoms with van der Waals surface area (Å²) in [6.07, 6.45) is 6.93. The maximum atomic E-state index is 12.8. The van der Waals surface area contributed by atoms with Crippen LogP contribution in [0.25, 0.3) is 0 Å². The molecule has 1 aliphatic heterocycles. The van der Waals surface area contributed by atoms with E-state index in [4.69, 9.17) is 14.0 Å². The van der Waals surface area contributed by atoms with Gasteiger partial charge >= 0.3 is 5.97 Å². The van der Waals surface area contributed by atoms with Gasteiger partial charge in [0.25, 0.3) is 5.91 Å². The lowest BCUT2D eigenvalue weighted by molar-refractivity contribution is -0.140. The first-order valence-electron chi connectivity index (χ1n) is 11.1. The minimum atomic E-state index is -0.520. The molecule has 2 heterocycles. The van der Waals surface area contributed by atoms with Crippen LogP contribution in [0, 0.1) is 19.8 Å². The van der Waals surface area contributed by atoms with Crippen molar-refractivity contribution in [2.75, 3.05) is 13.2 Å². The quantitative estimate of drug-likeness (QED) is 0.644. The summed E-state index contributed by atoms with van der Waals surface area (Å²) in [5, 5.41) is 3.91. The number of likely N-dealkylation sites (tertiary alicyclic amines) is 1. The SMILES string of the molecule is Cc1noc(C)c1COc1cccc(C(=O)OCC(=O)N2CCC[C@H]3CCCC[C@H]32)c1. The highest BCUT2D eigenvalue weighted by molar-refractivity contribution is 5.91. The maximum Gasteiger partial charge on any atom is 0.338 e. The fourth-order valence-corrected chi connectivity index (χ4v) is 4.80. The average Bonchev–Trinajstić information content (AvgIpc) is 3.12. The van der Waals surface area contributed by atoms with Crippen LogP contribution >= 0.6 is 0 Å². The second-order valence-corrected chi connectivity index (χ2v) is 8.54. The van der Waals surface area contributed by atoms with Crippen LogP contribution in [0.2, 0.25) is 0 Å². The third kappa shape index (κ3) is 4.92. The highest BCUT2D eigenvalue weighted by Crippen LogP contribution is 2.35. The average molecular weight is 427 g/mol. The second kappa shape index (κ2) is 9.54. The van der Waals surface area contributed by atoms with Crippen molar-refractivity contribution in [2.45, 2.75) is 65.0 Å². The Morgan fingerprint density at radius 2 is 1.97 bits per heavy atom. The molecule has 0 spiro atoms. The standard InChI is InChI=1S/C24H30N2O5/c1-16-21(17(2)31-25-16)14-29-20-10-5-8-19(13-20)24(28)30-15-23(27)26-12-6-9-18-7-3-4-11-22(18)26/h5,8,10,13,18,22H,3-4,6-7,9,11-12,14-15H2,1-2H3/t18-,22-/m1/s1. The van der Waals surface area contributed by atoms with Gasteiger partial charge in [-0.15, -0.1) is 0 Å². The van der Waals surface area contributed by atoms with Gasteiger partial charge < -0.3 is 18.9 Å². The number of fused-ring (bicyclic) bond motifs is 1. The first kappa shape index (κ1) is 21.4. The van der Waals surface area contributed by atoms with Crippen LogP contribution in [-0.4, -0.2) is 41.1 Å². The van der Waals surface area contributed by atoms with Gasteiger partial charge in [-0.05, 0) is 63.6 Å². The zero-order chi connectivity index (χ0) is 21.8. The fraction of sp³-hybridized carbons (Fsp3) is 0.542. The van der Waals surface area contributed by atoms with E-state index in [1.807, 2.05) is 18.7 Å². The molecular formula is C24H30N2O5. The van der Waals surface area contributed by atoms with Gasteiger partial charge in [0.1, 0.15) is 18.1 Å². The Kier molecular flexibility index (Phi) is 6.59. The third-order valence-corrected chi connectivity index (χ3v) is 6.52. The minimum Gasteiger partial charge on any atom is -0.489 e. The number of aromatic nitrogens is 1. The van der Waals surface area contributed by atoms with Crippen LogP contribution < -0.4 is 4.74 Å². The Bertz CT molecular complexity index is 916. The number of aryl methyl sites for hydroxylation is 2. The second-order valence-electron chi connectivity index (χ2n) is 8.54. The molecule has 4 rings (SSSR count). The smallest absolute Gasteiger partial charge is 0.338 e. The van der Waals surface area contributed by atoms with Crippen molar-refractivity contribution in [3.05, 3.63) is 46.8 Å². The Morgan fingerprint density at radius 3 is 2.77 bits per heavy atom. The summed E-state index contributed by atoms with van der Waals surface area (Å²) in [5.74, 6) is 1.25. The number of hydrogen-bond acceptors (Lipinski definition) is 6. The number of esters is 1. The molecule has 2 atom stereocenters. The van der Waals surface area contributed by atoms with E-state index >= 15 is 0 Å². The first-order valence-corrected chi connectivity index (χ1v) is 11.1. The lowest BCUT2D eigenvalue weighted by Gasteiger charge is -2.44. The molecule has 1 aromatic heterocycles. The van der Waals surface area contributed by atoms with E-state index in [1.165, 1.54) is 25.7 Å². The number of carbonyl (C=O) groups is 2. The predicted molar refractivity (Wildman–Crippen MR) is 114 cm³/mol. The zero-order valence-electron chi connectivity index (χ0n) is 18.3. The van der Waals surface area contributed by atoms with Gasteiger partial charge in [-0.1, -0.05) is 24.1 Å². The molecule has 7 nitrogen and oxygen atoms in total. The molecule has 2 aliphatic rings. The monoisotopic (exact) mass is 426 g/mol. The summed E-state index contributed by atoms with van der Waals surface area (Å²) in [7, 11) is 0. The Morgan fingerprint density at radius 1 is 1.16 bits per heavy atom. The van der Waals surface area contributed by atoms with Crippen molar-refractivity contribution in [3.8, 4) is 5.75 Å². The minimum absolute atomic E-state index is 0.0873. The van der Waals surface area contributed by atoms with Gasteiger partial charge in [0.2, 0.25) is 0 Å². The van der Waals surface area contributed by atoms with Gasteiger partial charge in [0, 0.05) is 12.6 Å². The summed E-state index contributed by atoms with van der Waals surface area (Å²) in [4.78, 5) is 27.2. The molecule has 2 fully saturated rings. The first-order chi connectivity index (χ1) is 15.0. The number of piperidine rings is 1. The third-order valence-electron chi connectivity index (χ3n) is 6.52. The molecule has 1 saturated heterocycles.